The Hall–Kier alpha value is -1.39. The third kappa shape index (κ3) is 4.05. The van der Waals surface area contributed by atoms with Gasteiger partial charge in [-0.15, -0.1) is 0 Å². The second-order valence-electron chi connectivity index (χ2n) is 12.5. The fraction of sp³-hybridized carbons (Fsp3) is 0.893. The molecule has 0 aromatic heterocycles. The third-order valence-corrected chi connectivity index (χ3v) is 11.0. The van der Waals surface area contributed by atoms with Crippen LogP contribution in [-0.2, 0) is 23.9 Å². The van der Waals surface area contributed by atoms with E-state index in [1.54, 1.807) is 0 Å². The maximum atomic E-state index is 12.5. The Balaban J connectivity index is 1.18. The Morgan fingerprint density at radius 3 is 2.45 bits per heavy atom. The first kappa shape index (κ1) is 23.4. The maximum Gasteiger partial charge on any atom is 0.306 e. The first-order chi connectivity index (χ1) is 15.7. The topological polar surface area (TPSA) is 69.7 Å². The molecule has 0 aromatic carbocycles. The fourth-order valence-electron chi connectivity index (χ4n) is 9.30. The van der Waals surface area contributed by atoms with Gasteiger partial charge in [0.05, 0.1) is 0 Å². The quantitative estimate of drug-likeness (QED) is 0.499. The summed E-state index contributed by atoms with van der Waals surface area (Å²) in [6, 6.07) is 0. The van der Waals surface area contributed by atoms with Crippen molar-refractivity contribution in [1.29, 1.82) is 0 Å². The molecule has 5 aliphatic rings. The van der Waals surface area contributed by atoms with Crippen molar-refractivity contribution in [2.45, 2.75) is 116 Å². The molecule has 5 rings (SSSR count). The molecule has 1 unspecified atom stereocenters. The van der Waals surface area contributed by atoms with Crippen LogP contribution in [0.1, 0.15) is 104 Å². The van der Waals surface area contributed by atoms with Gasteiger partial charge in [-0.3, -0.25) is 14.4 Å². The standard InChI is InChI=1S/C28H42O5/c1-17(29)22-8-9-23-21-7-4-18-16-20(33-26(31)11-6-19-5-10-25(30)32-19)12-14-27(18,2)24(21)13-15-28(22,23)3/h18-24H,4-16H2,1-3H3/t18-,19?,20+,21-,22+,23-,24-,27-,28+/m0/s1. The number of ketones is 1. The lowest BCUT2D eigenvalue weighted by Gasteiger charge is -2.61. The molecular weight excluding hydrogens is 416 g/mol. The largest absolute Gasteiger partial charge is 0.462 e. The molecule has 4 saturated carbocycles. The van der Waals surface area contributed by atoms with Crippen molar-refractivity contribution in [3.63, 3.8) is 0 Å². The van der Waals surface area contributed by atoms with E-state index in [9.17, 15) is 14.4 Å². The molecule has 5 fully saturated rings. The molecule has 5 heteroatoms. The average molecular weight is 459 g/mol. The van der Waals surface area contributed by atoms with Crippen molar-refractivity contribution in [2.24, 2.45) is 40.4 Å². The van der Waals surface area contributed by atoms with Crippen LogP contribution in [0.5, 0.6) is 0 Å². The van der Waals surface area contributed by atoms with Gasteiger partial charge in [0.1, 0.15) is 18.0 Å². The predicted octanol–water partition coefficient (Wildman–Crippen LogP) is 5.63. The molecule has 4 aliphatic carbocycles. The number of hydrogen-bond donors (Lipinski definition) is 0. The van der Waals surface area contributed by atoms with Crippen LogP contribution in [0.4, 0.5) is 0 Å². The Bertz CT molecular complexity index is 806. The minimum atomic E-state index is -0.145. The second kappa shape index (κ2) is 8.68. The van der Waals surface area contributed by atoms with Crippen LogP contribution >= 0.6 is 0 Å². The van der Waals surface area contributed by atoms with Crippen LogP contribution in [0, 0.1) is 40.4 Å². The third-order valence-electron chi connectivity index (χ3n) is 11.0. The van der Waals surface area contributed by atoms with Gasteiger partial charge < -0.3 is 9.47 Å². The lowest BCUT2D eigenvalue weighted by Crippen LogP contribution is -2.54. The summed E-state index contributed by atoms with van der Waals surface area (Å²) in [5.41, 5.74) is 0.566. The number of hydrogen-bond acceptors (Lipinski definition) is 5. The highest BCUT2D eigenvalue weighted by atomic mass is 16.6. The van der Waals surface area contributed by atoms with Gasteiger partial charge in [-0.2, -0.15) is 0 Å². The molecule has 9 atom stereocenters. The molecule has 0 spiro atoms. The lowest BCUT2D eigenvalue weighted by atomic mass is 9.44. The number of rotatable bonds is 5. The van der Waals surface area contributed by atoms with E-state index in [4.69, 9.17) is 9.47 Å². The van der Waals surface area contributed by atoms with Gasteiger partial charge in [0.2, 0.25) is 0 Å². The van der Waals surface area contributed by atoms with E-state index in [-0.39, 0.29) is 35.5 Å². The van der Waals surface area contributed by atoms with Crippen LogP contribution in [0.2, 0.25) is 0 Å². The Kier molecular flexibility index (Phi) is 6.14. The normalized spacial score (nSPS) is 46.6. The smallest absolute Gasteiger partial charge is 0.306 e. The van der Waals surface area contributed by atoms with Gasteiger partial charge in [-0.1, -0.05) is 13.8 Å². The summed E-state index contributed by atoms with van der Waals surface area (Å²) in [4.78, 5) is 36.1. The molecule has 0 amide bonds. The number of esters is 2. The van der Waals surface area contributed by atoms with E-state index in [0.29, 0.717) is 42.3 Å². The van der Waals surface area contributed by atoms with E-state index in [2.05, 4.69) is 13.8 Å². The van der Waals surface area contributed by atoms with Gasteiger partial charge in [0, 0.05) is 18.8 Å². The summed E-state index contributed by atoms with van der Waals surface area (Å²) in [6.45, 7) is 6.76. The number of carbonyl (C=O) groups excluding carboxylic acids is 3. The molecule has 0 N–H and O–H groups in total. The Labute approximate surface area is 198 Å². The molecule has 1 aliphatic heterocycles. The van der Waals surface area contributed by atoms with Crippen LogP contribution < -0.4 is 0 Å². The number of fused-ring (bicyclic) bond motifs is 5. The summed E-state index contributed by atoms with van der Waals surface area (Å²) in [5, 5.41) is 0. The summed E-state index contributed by atoms with van der Waals surface area (Å²) in [6.07, 6.45) is 12.5. The summed E-state index contributed by atoms with van der Waals surface area (Å²) in [7, 11) is 0. The molecule has 0 aromatic rings. The minimum Gasteiger partial charge on any atom is -0.462 e. The van der Waals surface area contributed by atoms with E-state index in [1.807, 2.05) is 6.92 Å². The van der Waals surface area contributed by atoms with Gasteiger partial charge >= 0.3 is 11.9 Å². The molecule has 0 bridgehead atoms. The van der Waals surface area contributed by atoms with Gasteiger partial charge in [0.15, 0.2) is 0 Å². The zero-order chi connectivity index (χ0) is 23.4. The Morgan fingerprint density at radius 2 is 1.73 bits per heavy atom. The maximum absolute atomic E-state index is 12.5. The highest BCUT2D eigenvalue weighted by Crippen LogP contribution is 2.67. The predicted molar refractivity (Wildman–Crippen MR) is 124 cm³/mol. The zero-order valence-corrected chi connectivity index (χ0v) is 20.8. The average Bonchev–Trinajstić information content (AvgIpc) is 3.35. The van der Waals surface area contributed by atoms with E-state index in [0.717, 1.165) is 43.9 Å². The SMILES string of the molecule is CC(=O)[C@H]1CC[C@H]2[C@@H]3CC[C@H]4C[C@H](OC(=O)CCC5CCC(=O)O5)CC[C@]4(C)[C@H]3CC[C@]12C. The van der Waals surface area contributed by atoms with Gasteiger partial charge in [0.25, 0.3) is 0 Å². The number of cyclic esters (lactones) is 1. The molecule has 33 heavy (non-hydrogen) atoms. The highest BCUT2D eigenvalue weighted by Gasteiger charge is 2.60. The molecule has 184 valence electrons. The van der Waals surface area contributed by atoms with Crippen molar-refractivity contribution >= 4 is 17.7 Å². The molecule has 1 heterocycles. The van der Waals surface area contributed by atoms with E-state index in [1.165, 1.54) is 32.1 Å². The van der Waals surface area contributed by atoms with Crippen molar-refractivity contribution in [2.75, 3.05) is 0 Å². The summed E-state index contributed by atoms with van der Waals surface area (Å²) < 4.78 is 11.1. The summed E-state index contributed by atoms with van der Waals surface area (Å²) >= 11 is 0. The first-order valence-electron chi connectivity index (χ1n) is 13.6. The van der Waals surface area contributed by atoms with Gasteiger partial charge in [-0.05, 0) is 112 Å². The number of carbonyl (C=O) groups is 3. The van der Waals surface area contributed by atoms with Crippen LogP contribution in [0.25, 0.3) is 0 Å². The van der Waals surface area contributed by atoms with Crippen molar-refractivity contribution in [3.8, 4) is 0 Å². The van der Waals surface area contributed by atoms with Crippen LogP contribution in [0.15, 0.2) is 0 Å². The second-order valence-corrected chi connectivity index (χ2v) is 12.5. The van der Waals surface area contributed by atoms with Crippen molar-refractivity contribution < 1.29 is 23.9 Å². The fourth-order valence-corrected chi connectivity index (χ4v) is 9.30. The Morgan fingerprint density at radius 1 is 0.970 bits per heavy atom. The number of ether oxygens (including phenoxy) is 2. The zero-order valence-electron chi connectivity index (χ0n) is 20.8. The molecule has 5 nitrogen and oxygen atoms in total. The van der Waals surface area contributed by atoms with Crippen LogP contribution in [0.3, 0.4) is 0 Å². The van der Waals surface area contributed by atoms with Crippen molar-refractivity contribution in [3.05, 3.63) is 0 Å². The molecule has 1 saturated heterocycles. The summed E-state index contributed by atoms with van der Waals surface area (Å²) in [5.74, 6) is 3.28. The number of Topliss-reactive ketones (excluding diaryl/α,β-unsaturated/α-hetero) is 1. The van der Waals surface area contributed by atoms with Crippen LogP contribution in [-0.4, -0.2) is 29.9 Å². The first-order valence-corrected chi connectivity index (χ1v) is 13.6. The molecular formula is C28H42O5. The lowest BCUT2D eigenvalue weighted by molar-refractivity contribution is -0.164. The van der Waals surface area contributed by atoms with Crippen molar-refractivity contribution in [1.82, 2.24) is 0 Å². The van der Waals surface area contributed by atoms with Gasteiger partial charge in [-0.25, -0.2) is 0 Å². The van der Waals surface area contributed by atoms with E-state index < -0.39 is 0 Å². The monoisotopic (exact) mass is 458 g/mol. The molecule has 0 radical (unpaired) electrons. The van der Waals surface area contributed by atoms with E-state index >= 15 is 0 Å². The highest BCUT2D eigenvalue weighted by molar-refractivity contribution is 5.79. The minimum absolute atomic E-state index is 0.0423.